The van der Waals surface area contributed by atoms with E-state index < -0.39 is 0 Å². The Morgan fingerprint density at radius 2 is 2.08 bits per heavy atom. The van der Waals surface area contributed by atoms with Gasteiger partial charge in [-0.2, -0.15) is 0 Å². The zero-order valence-electron chi connectivity index (χ0n) is 14.5. The molecule has 134 valence electrons. The SMILES string of the molecule is COc1ccc(C(C)NC(=O)C2CNNC2c2cccs2)cc1OC. The van der Waals surface area contributed by atoms with Crippen molar-refractivity contribution in [3.8, 4) is 11.5 Å². The lowest BCUT2D eigenvalue weighted by Crippen LogP contribution is -2.36. The van der Waals surface area contributed by atoms with Crippen LogP contribution >= 0.6 is 11.3 Å². The van der Waals surface area contributed by atoms with Gasteiger partial charge in [0.25, 0.3) is 0 Å². The number of hydrogen-bond donors (Lipinski definition) is 3. The lowest BCUT2D eigenvalue weighted by Gasteiger charge is -2.21. The smallest absolute Gasteiger partial charge is 0.226 e. The third-order valence-corrected chi connectivity index (χ3v) is 5.39. The summed E-state index contributed by atoms with van der Waals surface area (Å²) in [7, 11) is 3.21. The van der Waals surface area contributed by atoms with Crippen LogP contribution < -0.4 is 25.6 Å². The first-order valence-electron chi connectivity index (χ1n) is 8.18. The number of thiophene rings is 1. The van der Waals surface area contributed by atoms with Gasteiger partial charge in [-0.25, -0.2) is 5.43 Å². The van der Waals surface area contributed by atoms with Crippen molar-refractivity contribution >= 4 is 17.2 Å². The molecular formula is C18H23N3O3S. The normalized spacial score (nSPS) is 20.9. The summed E-state index contributed by atoms with van der Waals surface area (Å²) < 4.78 is 10.6. The second-order valence-electron chi connectivity index (χ2n) is 5.97. The van der Waals surface area contributed by atoms with Crippen LogP contribution in [0.3, 0.4) is 0 Å². The largest absolute Gasteiger partial charge is 0.493 e. The minimum atomic E-state index is -0.152. The van der Waals surface area contributed by atoms with Gasteiger partial charge in [0.1, 0.15) is 0 Å². The number of nitrogens with one attached hydrogen (secondary N) is 3. The average molecular weight is 361 g/mol. The van der Waals surface area contributed by atoms with Gasteiger partial charge in [0.15, 0.2) is 11.5 Å². The molecular weight excluding hydrogens is 338 g/mol. The van der Waals surface area contributed by atoms with Gasteiger partial charge in [-0.05, 0) is 36.1 Å². The molecule has 3 rings (SSSR count). The van der Waals surface area contributed by atoms with Crippen molar-refractivity contribution in [2.75, 3.05) is 20.8 Å². The Labute approximate surface area is 151 Å². The second-order valence-corrected chi connectivity index (χ2v) is 6.95. The molecule has 2 aromatic rings. The third-order valence-electron chi connectivity index (χ3n) is 4.43. The number of carbonyl (C=O) groups is 1. The Morgan fingerprint density at radius 1 is 1.28 bits per heavy atom. The maximum absolute atomic E-state index is 12.8. The number of amides is 1. The van der Waals surface area contributed by atoms with Crippen LogP contribution in [0.1, 0.15) is 29.4 Å². The molecule has 1 amide bonds. The van der Waals surface area contributed by atoms with Crippen molar-refractivity contribution in [1.82, 2.24) is 16.2 Å². The zero-order valence-corrected chi connectivity index (χ0v) is 15.4. The van der Waals surface area contributed by atoms with Crippen LogP contribution in [0.25, 0.3) is 0 Å². The maximum atomic E-state index is 12.8. The molecule has 0 aliphatic carbocycles. The molecule has 1 aromatic carbocycles. The average Bonchev–Trinajstić information content (AvgIpc) is 3.31. The van der Waals surface area contributed by atoms with Crippen molar-refractivity contribution in [2.45, 2.75) is 19.0 Å². The summed E-state index contributed by atoms with van der Waals surface area (Å²) in [6.45, 7) is 2.57. The van der Waals surface area contributed by atoms with Crippen LogP contribution in [0.2, 0.25) is 0 Å². The molecule has 0 spiro atoms. The van der Waals surface area contributed by atoms with Gasteiger partial charge in [0.2, 0.25) is 5.91 Å². The van der Waals surface area contributed by atoms with Crippen LogP contribution in [0, 0.1) is 5.92 Å². The number of rotatable bonds is 6. The topological polar surface area (TPSA) is 71.6 Å². The van der Waals surface area contributed by atoms with E-state index >= 15 is 0 Å². The predicted molar refractivity (Wildman–Crippen MR) is 97.8 cm³/mol. The summed E-state index contributed by atoms with van der Waals surface area (Å²) >= 11 is 1.65. The molecule has 7 heteroatoms. The van der Waals surface area contributed by atoms with Gasteiger partial charge in [-0.1, -0.05) is 12.1 Å². The fourth-order valence-electron chi connectivity index (χ4n) is 3.00. The van der Waals surface area contributed by atoms with Crippen molar-refractivity contribution < 1.29 is 14.3 Å². The van der Waals surface area contributed by atoms with Crippen LogP contribution in [0.4, 0.5) is 0 Å². The monoisotopic (exact) mass is 361 g/mol. The first kappa shape index (κ1) is 17.7. The Balaban J connectivity index is 1.70. The minimum Gasteiger partial charge on any atom is -0.493 e. The molecule has 3 N–H and O–H groups in total. The van der Waals surface area contributed by atoms with Crippen LogP contribution in [0.15, 0.2) is 35.7 Å². The van der Waals surface area contributed by atoms with E-state index in [4.69, 9.17) is 9.47 Å². The number of hydrogen-bond acceptors (Lipinski definition) is 6. The number of ether oxygens (including phenoxy) is 2. The number of hydrazine groups is 1. The minimum absolute atomic E-state index is 0.00222. The molecule has 2 heterocycles. The fourth-order valence-corrected chi connectivity index (χ4v) is 3.85. The molecule has 1 aliphatic rings. The molecule has 0 radical (unpaired) electrons. The lowest BCUT2D eigenvalue weighted by atomic mass is 9.98. The maximum Gasteiger partial charge on any atom is 0.226 e. The number of carbonyl (C=O) groups excluding carboxylic acids is 1. The van der Waals surface area contributed by atoms with Gasteiger partial charge in [-0.15, -0.1) is 11.3 Å². The predicted octanol–water partition coefficient (Wildman–Crippen LogP) is 2.41. The quantitative estimate of drug-likeness (QED) is 0.737. The standard InChI is InChI=1S/C18H23N3O3S/c1-11(12-6-7-14(23-2)15(9-12)24-3)20-18(22)13-10-19-21-17(13)16-5-4-8-25-16/h4-9,11,13,17,19,21H,10H2,1-3H3,(H,20,22). The van der Waals surface area contributed by atoms with E-state index in [-0.39, 0.29) is 23.9 Å². The summed E-state index contributed by atoms with van der Waals surface area (Å²) in [5.41, 5.74) is 7.27. The van der Waals surface area contributed by atoms with E-state index in [9.17, 15) is 4.79 Å². The summed E-state index contributed by atoms with van der Waals surface area (Å²) in [6, 6.07) is 9.60. The Hall–Kier alpha value is -2.09. The Morgan fingerprint density at radius 3 is 2.76 bits per heavy atom. The summed E-state index contributed by atoms with van der Waals surface area (Å²) in [6.07, 6.45) is 0. The van der Waals surface area contributed by atoms with E-state index in [0.29, 0.717) is 18.0 Å². The Bertz CT molecular complexity index is 720. The molecule has 6 nitrogen and oxygen atoms in total. The van der Waals surface area contributed by atoms with Crippen molar-refractivity contribution in [1.29, 1.82) is 0 Å². The molecule has 25 heavy (non-hydrogen) atoms. The van der Waals surface area contributed by atoms with Crippen molar-refractivity contribution in [2.24, 2.45) is 5.92 Å². The third kappa shape index (κ3) is 3.78. The summed E-state index contributed by atoms with van der Waals surface area (Å²) in [5, 5.41) is 5.13. The molecule has 0 bridgehead atoms. The summed E-state index contributed by atoms with van der Waals surface area (Å²) in [5.74, 6) is 1.20. The van der Waals surface area contributed by atoms with Gasteiger partial charge >= 0.3 is 0 Å². The zero-order chi connectivity index (χ0) is 17.8. The van der Waals surface area contributed by atoms with Gasteiger partial charge in [0.05, 0.1) is 32.2 Å². The Kier molecular flexibility index (Phi) is 5.57. The fraction of sp³-hybridized carbons (Fsp3) is 0.389. The van der Waals surface area contributed by atoms with Crippen LogP contribution in [-0.2, 0) is 4.79 Å². The van der Waals surface area contributed by atoms with E-state index in [2.05, 4.69) is 16.2 Å². The molecule has 1 aromatic heterocycles. The number of methoxy groups -OCH3 is 2. The van der Waals surface area contributed by atoms with Gasteiger partial charge in [0, 0.05) is 11.4 Å². The van der Waals surface area contributed by atoms with E-state index in [1.165, 1.54) is 0 Å². The molecule has 0 saturated carbocycles. The highest BCUT2D eigenvalue weighted by molar-refractivity contribution is 7.10. The molecule has 1 saturated heterocycles. The molecule has 3 atom stereocenters. The highest BCUT2D eigenvalue weighted by atomic mass is 32.1. The molecule has 1 fully saturated rings. The highest BCUT2D eigenvalue weighted by Crippen LogP contribution is 2.31. The van der Waals surface area contributed by atoms with E-state index in [0.717, 1.165) is 10.4 Å². The summed E-state index contributed by atoms with van der Waals surface area (Å²) in [4.78, 5) is 13.9. The van der Waals surface area contributed by atoms with Gasteiger partial charge in [-0.3, -0.25) is 10.2 Å². The lowest BCUT2D eigenvalue weighted by molar-refractivity contribution is -0.125. The van der Waals surface area contributed by atoms with Crippen molar-refractivity contribution in [3.63, 3.8) is 0 Å². The second kappa shape index (κ2) is 7.86. The van der Waals surface area contributed by atoms with Gasteiger partial charge < -0.3 is 14.8 Å². The molecule has 3 unspecified atom stereocenters. The molecule has 1 aliphatic heterocycles. The van der Waals surface area contributed by atoms with Crippen molar-refractivity contribution in [3.05, 3.63) is 46.2 Å². The van der Waals surface area contributed by atoms with Crippen LogP contribution in [0.5, 0.6) is 11.5 Å². The van der Waals surface area contributed by atoms with E-state index in [1.54, 1.807) is 25.6 Å². The van der Waals surface area contributed by atoms with Crippen LogP contribution in [-0.4, -0.2) is 26.7 Å². The first-order valence-corrected chi connectivity index (χ1v) is 9.06. The first-order chi connectivity index (χ1) is 12.1. The van der Waals surface area contributed by atoms with E-state index in [1.807, 2.05) is 42.6 Å². The number of benzene rings is 1. The highest BCUT2D eigenvalue weighted by Gasteiger charge is 2.35.